The molecular weight excluding hydrogens is 452 g/mol. The zero-order valence-corrected chi connectivity index (χ0v) is 20.3. The lowest BCUT2D eigenvalue weighted by molar-refractivity contribution is 0.205. The normalized spacial score (nSPS) is 23.2. The Morgan fingerprint density at radius 3 is 2.82 bits per heavy atom. The molecule has 0 aromatic carbocycles. The van der Waals surface area contributed by atoms with Crippen LogP contribution in [0.4, 0.5) is 0 Å². The van der Waals surface area contributed by atoms with Crippen molar-refractivity contribution >= 4 is 17.1 Å². The minimum Gasteiger partial charge on any atom is -0.499 e. The number of ether oxygens (including phenoxy) is 1. The van der Waals surface area contributed by atoms with E-state index < -0.39 is 5.54 Å². The van der Waals surface area contributed by atoms with Gasteiger partial charge in [0.2, 0.25) is 0 Å². The van der Waals surface area contributed by atoms with Gasteiger partial charge in [0.25, 0.3) is 0 Å². The maximum absolute atomic E-state index is 6.92. The van der Waals surface area contributed by atoms with Gasteiger partial charge in [-0.15, -0.1) is 0 Å². The second-order valence-electron chi connectivity index (χ2n) is 9.10. The number of allylic oxidation sites excluding steroid dienone is 1. The molecule has 2 unspecified atom stereocenters. The Labute approximate surface area is 203 Å². The van der Waals surface area contributed by atoms with E-state index in [2.05, 4.69) is 34.0 Å². The fourth-order valence-electron chi connectivity index (χ4n) is 4.82. The molecule has 1 aliphatic heterocycles. The Balaban J connectivity index is 1.52. The summed E-state index contributed by atoms with van der Waals surface area (Å²) in [4.78, 5) is 13.9. The molecule has 0 spiro atoms. The van der Waals surface area contributed by atoms with Gasteiger partial charge in [-0.3, -0.25) is 0 Å². The molecule has 2 aliphatic rings. The van der Waals surface area contributed by atoms with E-state index in [1.165, 1.54) is 0 Å². The fraction of sp³-hybridized carbons (Fsp3) is 0.375. The van der Waals surface area contributed by atoms with E-state index >= 15 is 0 Å². The van der Waals surface area contributed by atoms with Gasteiger partial charge in [0.05, 0.1) is 35.2 Å². The highest BCUT2D eigenvalue weighted by atomic mass is 35.5. The molecule has 1 aliphatic carbocycles. The van der Waals surface area contributed by atoms with Crippen LogP contribution in [0.15, 0.2) is 60.0 Å². The lowest BCUT2D eigenvalue weighted by Crippen LogP contribution is -2.45. The lowest BCUT2D eigenvalue weighted by Gasteiger charge is -2.36. The van der Waals surface area contributed by atoms with Crippen LogP contribution in [0.2, 0.25) is 5.02 Å². The van der Waals surface area contributed by atoms with Crippen molar-refractivity contribution < 1.29 is 4.74 Å². The van der Waals surface area contributed by atoms with Gasteiger partial charge >= 0.3 is 0 Å². The molecule has 0 saturated carbocycles. The van der Waals surface area contributed by atoms with Crippen molar-refractivity contribution in [3.05, 3.63) is 70.9 Å². The lowest BCUT2D eigenvalue weighted by atomic mass is 9.85. The predicted molar refractivity (Wildman–Crippen MR) is 132 cm³/mol. The van der Waals surface area contributed by atoms with Crippen LogP contribution in [-0.2, 0) is 10.3 Å². The number of likely N-dealkylation sites (N-methyl/N-ethyl adjacent to an activating group) is 1. The Morgan fingerprint density at radius 1 is 1.26 bits per heavy atom. The third kappa shape index (κ3) is 3.70. The third-order valence-corrected chi connectivity index (χ3v) is 7.06. The first-order chi connectivity index (χ1) is 16.3. The monoisotopic (exact) mass is 480 g/mol. The van der Waals surface area contributed by atoms with E-state index in [0.29, 0.717) is 40.5 Å². The summed E-state index contributed by atoms with van der Waals surface area (Å²) in [6.45, 7) is 1.84. The molecule has 9 nitrogen and oxygen atoms in total. The molecule has 3 aromatic rings. The molecule has 3 aromatic heterocycles. The van der Waals surface area contributed by atoms with Crippen molar-refractivity contribution in [3.63, 3.8) is 0 Å². The molecule has 10 heteroatoms. The van der Waals surface area contributed by atoms with E-state index in [0.717, 1.165) is 36.3 Å². The number of nitrogens with two attached hydrogens (primary N) is 2. The number of pyridine rings is 1. The van der Waals surface area contributed by atoms with Gasteiger partial charge in [-0.05, 0) is 32.6 Å². The topological polar surface area (TPSA) is 111 Å². The van der Waals surface area contributed by atoms with Gasteiger partial charge in [-0.2, -0.15) is 5.10 Å². The van der Waals surface area contributed by atoms with Gasteiger partial charge < -0.3 is 26.0 Å². The smallest absolute Gasteiger partial charge is 0.157 e. The summed E-state index contributed by atoms with van der Waals surface area (Å²) in [5.74, 6) is 0.961. The molecule has 5 rings (SSSR count). The van der Waals surface area contributed by atoms with Crippen LogP contribution in [0.25, 0.3) is 16.8 Å². The fourth-order valence-corrected chi connectivity index (χ4v) is 5.01. The summed E-state index contributed by atoms with van der Waals surface area (Å²) in [5, 5.41) is 4.82. The van der Waals surface area contributed by atoms with Crippen LogP contribution >= 0.6 is 11.6 Å². The predicted octanol–water partition coefficient (Wildman–Crippen LogP) is 2.34. The Hall–Kier alpha value is -3.14. The zero-order chi connectivity index (χ0) is 24.0. The minimum atomic E-state index is -1.12. The minimum absolute atomic E-state index is 0.334. The molecule has 0 amide bonds. The Morgan fingerprint density at radius 2 is 2.09 bits per heavy atom. The third-order valence-electron chi connectivity index (χ3n) is 6.78. The van der Waals surface area contributed by atoms with Crippen molar-refractivity contribution in [2.45, 2.75) is 24.4 Å². The average molecular weight is 481 g/mol. The van der Waals surface area contributed by atoms with E-state index in [9.17, 15) is 0 Å². The van der Waals surface area contributed by atoms with Gasteiger partial charge in [-0.1, -0.05) is 17.7 Å². The van der Waals surface area contributed by atoms with Crippen molar-refractivity contribution in [1.29, 1.82) is 0 Å². The van der Waals surface area contributed by atoms with Crippen LogP contribution in [0.5, 0.6) is 0 Å². The molecular formula is C24H29ClN8O. The first kappa shape index (κ1) is 22.6. The van der Waals surface area contributed by atoms with E-state index in [4.69, 9.17) is 32.8 Å². The van der Waals surface area contributed by atoms with Gasteiger partial charge in [0.1, 0.15) is 11.3 Å². The van der Waals surface area contributed by atoms with Crippen molar-refractivity contribution in [2.75, 3.05) is 34.3 Å². The van der Waals surface area contributed by atoms with E-state index in [1.54, 1.807) is 24.0 Å². The standard InChI is InChI=1S/C24H29ClN8O/c1-31(2)15-7-9-32(14-15)20-10-21(34-3)24(27,11-18(20)26)23-28-13-17(25)22(30-23)16-12-29-33-8-5-4-6-19(16)33/h4-6,8,10,12-13,15H,7,9,11,14,26-27H2,1-3H3. The number of methoxy groups -OCH3 is 1. The van der Waals surface area contributed by atoms with Crippen molar-refractivity contribution in [2.24, 2.45) is 11.5 Å². The molecule has 1 fully saturated rings. The van der Waals surface area contributed by atoms with E-state index in [1.807, 2.05) is 30.5 Å². The maximum Gasteiger partial charge on any atom is 0.157 e. The number of likely N-dealkylation sites (tertiary alicyclic amines) is 1. The highest BCUT2D eigenvalue weighted by Gasteiger charge is 2.42. The van der Waals surface area contributed by atoms with Crippen LogP contribution in [0, 0.1) is 0 Å². The maximum atomic E-state index is 6.92. The highest BCUT2D eigenvalue weighted by Crippen LogP contribution is 2.39. The Kier molecular flexibility index (Phi) is 5.71. The van der Waals surface area contributed by atoms with Crippen molar-refractivity contribution in [3.8, 4) is 11.3 Å². The van der Waals surface area contributed by atoms with Crippen LogP contribution < -0.4 is 11.5 Å². The SMILES string of the molecule is COC1=CC(N2CCC(N(C)C)C2)=C(N)CC1(N)c1ncc(Cl)c(-c2cnn3ccccc23)n1. The highest BCUT2D eigenvalue weighted by molar-refractivity contribution is 6.33. The van der Waals surface area contributed by atoms with E-state index in [-0.39, 0.29) is 0 Å². The second kappa shape index (κ2) is 8.57. The number of hydrogen-bond donors (Lipinski definition) is 2. The quantitative estimate of drug-likeness (QED) is 0.572. The summed E-state index contributed by atoms with van der Waals surface area (Å²) < 4.78 is 7.56. The molecule has 4 heterocycles. The van der Waals surface area contributed by atoms with Crippen LogP contribution in [0.3, 0.4) is 0 Å². The number of fused-ring (bicyclic) bond motifs is 1. The number of nitrogens with zero attached hydrogens (tertiary/aromatic N) is 6. The first-order valence-corrected chi connectivity index (χ1v) is 11.6. The molecule has 4 N–H and O–H groups in total. The number of halogens is 1. The molecule has 0 radical (unpaired) electrons. The number of aromatic nitrogens is 4. The van der Waals surface area contributed by atoms with Crippen LogP contribution in [-0.4, -0.2) is 69.7 Å². The summed E-state index contributed by atoms with van der Waals surface area (Å²) in [6.07, 6.45) is 8.54. The molecule has 2 atom stereocenters. The zero-order valence-electron chi connectivity index (χ0n) is 19.6. The van der Waals surface area contributed by atoms with Crippen LogP contribution in [0.1, 0.15) is 18.7 Å². The van der Waals surface area contributed by atoms with Gasteiger partial charge in [0, 0.05) is 55.3 Å². The number of rotatable bonds is 5. The molecule has 1 saturated heterocycles. The Bertz CT molecular complexity index is 1300. The summed E-state index contributed by atoms with van der Waals surface area (Å²) >= 11 is 6.53. The van der Waals surface area contributed by atoms with Gasteiger partial charge in [-0.25, -0.2) is 14.5 Å². The summed E-state index contributed by atoms with van der Waals surface area (Å²) in [6, 6.07) is 6.30. The first-order valence-electron chi connectivity index (χ1n) is 11.2. The summed E-state index contributed by atoms with van der Waals surface area (Å²) in [5.41, 5.74) is 16.3. The number of hydrogen-bond acceptors (Lipinski definition) is 8. The second-order valence-corrected chi connectivity index (χ2v) is 9.51. The molecule has 178 valence electrons. The largest absolute Gasteiger partial charge is 0.499 e. The molecule has 0 bridgehead atoms. The molecule has 34 heavy (non-hydrogen) atoms. The summed E-state index contributed by atoms with van der Waals surface area (Å²) in [7, 11) is 5.82. The average Bonchev–Trinajstić information content (AvgIpc) is 3.47. The van der Waals surface area contributed by atoms with Gasteiger partial charge in [0.15, 0.2) is 5.82 Å². The van der Waals surface area contributed by atoms with Crippen molar-refractivity contribution in [1.82, 2.24) is 29.4 Å².